The van der Waals surface area contributed by atoms with E-state index in [9.17, 15) is 0 Å². The van der Waals surface area contributed by atoms with Crippen molar-refractivity contribution in [3.63, 3.8) is 0 Å². The van der Waals surface area contributed by atoms with Crippen LogP contribution >= 0.6 is 11.3 Å². The molecule has 2 heterocycles. The lowest BCUT2D eigenvalue weighted by Crippen LogP contribution is -2.63. The van der Waals surface area contributed by atoms with E-state index in [0.717, 1.165) is 25.6 Å². The monoisotopic (exact) mass is 280 g/mol. The van der Waals surface area contributed by atoms with Gasteiger partial charge in [-0.2, -0.15) is 0 Å². The normalized spacial score (nSPS) is 30.4. The Bertz CT molecular complexity index is 376. The summed E-state index contributed by atoms with van der Waals surface area (Å²) in [5.74, 6) is 0.758. The second kappa shape index (κ2) is 6.38. The van der Waals surface area contributed by atoms with Crippen LogP contribution in [-0.4, -0.2) is 29.6 Å². The number of rotatable bonds is 5. The topological polar surface area (TPSA) is 15.3 Å². The zero-order chi connectivity index (χ0) is 13.9. The van der Waals surface area contributed by atoms with E-state index in [2.05, 4.69) is 55.4 Å². The molecule has 1 aliphatic heterocycles. The Morgan fingerprint density at radius 1 is 1.53 bits per heavy atom. The summed E-state index contributed by atoms with van der Waals surface area (Å²) in [5.41, 5.74) is 0.279. The Balaban J connectivity index is 2.11. The van der Waals surface area contributed by atoms with Crippen molar-refractivity contribution in [2.45, 2.75) is 58.7 Å². The summed E-state index contributed by atoms with van der Waals surface area (Å²) in [7, 11) is 0. The first-order valence-electron chi connectivity index (χ1n) is 7.59. The first kappa shape index (κ1) is 15.0. The molecular weight excluding hydrogens is 252 g/mol. The standard InChI is InChI=1S/C16H28N2S/c1-5-13(3)15-10-17-16(4,6-2)12-18(15)11-14-8-7-9-19-14/h7-9,13,15,17H,5-6,10-12H2,1-4H3. The Morgan fingerprint density at radius 3 is 2.89 bits per heavy atom. The third-order valence-electron chi connectivity index (χ3n) is 4.78. The molecule has 2 nitrogen and oxygen atoms in total. The number of nitrogens with one attached hydrogen (secondary N) is 1. The molecule has 1 aliphatic rings. The van der Waals surface area contributed by atoms with Gasteiger partial charge in [0, 0.05) is 36.1 Å². The minimum Gasteiger partial charge on any atom is -0.309 e. The van der Waals surface area contributed by atoms with Gasteiger partial charge >= 0.3 is 0 Å². The molecule has 1 fully saturated rings. The molecule has 1 saturated heterocycles. The van der Waals surface area contributed by atoms with E-state index in [1.165, 1.54) is 17.7 Å². The average molecular weight is 280 g/mol. The molecule has 19 heavy (non-hydrogen) atoms. The number of piperazine rings is 1. The van der Waals surface area contributed by atoms with Crippen LogP contribution in [0.4, 0.5) is 0 Å². The Labute approximate surface area is 122 Å². The predicted octanol–water partition coefficient (Wildman–Crippen LogP) is 3.74. The van der Waals surface area contributed by atoms with Crippen molar-refractivity contribution in [2.75, 3.05) is 13.1 Å². The molecule has 1 aromatic rings. The van der Waals surface area contributed by atoms with E-state index in [1.54, 1.807) is 0 Å². The summed E-state index contributed by atoms with van der Waals surface area (Å²) < 4.78 is 0. The molecule has 3 unspecified atom stereocenters. The smallest absolute Gasteiger partial charge is 0.0332 e. The predicted molar refractivity (Wildman–Crippen MR) is 84.7 cm³/mol. The molecule has 0 aromatic carbocycles. The van der Waals surface area contributed by atoms with Crippen molar-refractivity contribution in [1.29, 1.82) is 0 Å². The number of nitrogens with zero attached hydrogens (tertiary/aromatic N) is 1. The van der Waals surface area contributed by atoms with Crippen LogP contribution in [0.5, 0.6) is 0 Å². The first-order valence-corrected chi connectivity index (χ1v) is 8.47. The van der Waals surface area contributed by atoms with Gasteiger partial charge in [0.25, 0.3) is 0 Å². The van der Waals surface area contributed by atoms with Gasteiger partial charge in [-0.1, -0.05) is 33.3 Å². The molecule has 3 heteroatoms. The highest BCUT2D eigenvalue weighted by Gasteiger charge is 2.36. The highest BCUT2D eigenvalue weighted by molar-refractivity contribution is 7.09. The lowest BCUT2D eigenvalue weighted by Gasteiger charge is -2.48. The van der Waals surface area contributed by atoms with Crippen molar-refractivity contribution in [3.8, 4) is 0 Å². The van der Waals surface area contributed by atoms with Crippen LogP contribution in [0.2, 0.25) is 0 Å². The number of thiophene rings is 1. The summed E-state index contributed by atoms with van der Waals surface area (Å²) in [6.45, 7) is 12.8. The fourth-order valence-electron chi connectivity index (χ4n) is 2.95. The number of hydrogen-bond donors (Lipinski definition) is 1. The average Bonchev–Trinajstić information content (AvgIpc) is 2.91. The van der Waals surface area contributed by atoms with Gasteiger partial charge in [0.1, 0.15) is 0 Å². The molecule has 1 aromatic heterocycles. The van der Waals surface area contributed by atoms with Gasteiger partial charge in [-0.05, 0) is 30.7 Å². The van der Waals surface area contributed by atoms with Gasteiger partial charge in [-0.3, -0.25) is 4.90 Å². The molecular formula is C16H28N2S. The van der Waals surface area contributed by atoms with Gasteiger partial charge < -0.3 is 5.32 Å². The molecule has 1 N–H and O–H groups in total. The molecule has 0 saturated carbocycles. The van der Waals surface area contributed by atoms with Crippen LogP contribution in [0, 0.1) is 5.92 Å². The van der Waals surface area contributed by atoms with Crippen molar-refractivity contribution < 1.29 is 0 Å². The lowest BCUT2D eigenvalue weighted by atomic mass is 9.88. The minimum absolute atomic E-state index is 0.279. The lowest BCUT2D eigenvalue weighted by molar-refractivity contribution is 0.0495. The van der Waals surface area contributed by atoms with Crippen LogP contribution in [-0.2, 0) is 6.54 Å². The molecule has 3 atom stereocenters. The molecule has 0 spiro atoms. The van der Waals surface area contributed by atoms with E-state index < -0.39 is 0 Å². The molecule has 0 amide bonds. The zero-order valence-electron chi connectivity index (χ0n) is 12.8. The van der Waals surface area contributed by atoms with E-state index in [1.807, 2.05) is 11.3 Å². The van der Waals surface area contributed by atoms with Gasteiger partial charge in [0.15, 0.2) is 0 Å². The van der Waals surface area contributed by atoms with E-state index >= 15 is 0 Å². The maximum Gasteiger partial charge on any atom is 0.0332 e. The van der Waals surface area contributed by atoms with Crippen LogP contribution < -0.4 is 5.32 Å². The SMILES string of the molecule is CCC(C)C1CNC(C)(CC)CN1Cc1cccs1. The summed E-state index contributed by atoms with van der Waals surface area (Å²) >= 11 is 1.88. The molecule has 0 aliphatic carbocycles. The summed E-state index contributed by atoms with van der Waals surface area (Å²) in [6.07, 6.45) is 2.46. The molecule has 0 radical (unpaired) electrons. The fourth-order valence-corrected chi connectivity index (χ4v) is 3.68. The van der Waals surface area contributed by atoms with E-state index in [4.69, 9.17) is 0 Å². The van der Waals surface area contributed by atoms with Gasteiger partial charge in [0.2, 0.25) is 0 Å². The molecule has 108 valence electrons. The van der Waals surface area contributed by atoms with Crippen LogP contribution in [0.3, 0.4) is 0 Å². The fraction of sp³-hybridized carbons (Fsp3) is 0.750. The summed E-state index contributed by atoms with van der Waals surface area (Å²) in [6, 6.07) is 5.11. The third kappa shape index (κ3) is 3.59. The Kier molecular flexibility index (Phi) is 5.04. The van der Waals surface area contributed by atoms with E-state index in [-0.39, 0.29) is 5.54 Å². The van der Waals surface area contributed by atoms with E-state index in [0.29, 0.717) is 6.04 Å². The van der Waals surface area contributed by atoms with Crippen molar-refractivity contribution in [1.82, 2.24) is 10.2 Å². The maximum absolute atomic E-state index is 3.78. The van der Waals surface area contributed by atoms with Crippen molar-refractivity contribution in [2.24, 2.45) is 5.92 Å². The second-order valence-electron chi connectivity index (χ2n) is 6.23. The first-order chi connectivity index (χ1) is 9.08. The van der Waals surface area contributed by atoms with Crippen LogP contribution in [0.25, 0.3) is 0 Å². The maximum atomic E-state index is 3.78. The van der Waals surface area contributed by atoms with Gasteiger partial charge in [-0.15, -0.1) is 11.3 Å². The Hall–Kier alpha value is -0.380. The molecule has 2 rings (SSSR count). The minimum atomic E-state index is 0.279. The highest BCUT2D eigenvalue weighted by Crippen LogP contribution is 2.26. The number of hydrogen-bond acceptors (Lipinski definition) is 3. The summed E-state index contributed by atoms with van der Waals surface area (Å²) in [5, 5.41) is 5.97. The van der Waals surface area contributed by atoms with Crippen LogP contribution in [0.15, 0.2) is 17.5 Å². The van der Waals surface area contributed by atoms with Crippen molar-refractivity contribution >= 4 is 11.3 Å². The highest BCUT2D eigenvalue weighted by atomic mass is 32.1. The van der Waals surface area contributed by atoms with Gasteiger partial charge in [0.05, 0.1) is 0 Å². The van der Waals surface area contributed by atoms with Crippen molar-refractivity contribution in [3.05, 3.63) is 22.4 Å². The summed E-state index contributed by atoms with van der Waals surface area (Å²) in [4.78, 5) is 4.20. The Morgan fingerprint density at radius 2 is 2.32 bits per heavy atom. The van der Waals surface area contributed by atoms with Crippen LogP contribution in [0.1, 0.15) is 45.4 Å². The van der Waals surface area contributed by atoms with Gasteiger partial charge in [-0.25, -0.2) is 0 Å². The quantitative estimate of drug-likeness (QED) is 0.884. The largest absolute Gasteiger partial charge is 0.309 e. The third-order valence-corrected chi connectivity index (χ3v) is 5.64. The second-order valence-corrected chi connectivity index (χ2v) is 7.26. The zero-order valence-corrected chi connectivity index (χ0v) is 13.6. The molecule has 0 bridgehead atoms.